The summed E-state index contributed by atoms with van der Waals surface area (Å²) in [4.78, 5) is 5.07. The summed E-state index contributed by atoms with van der Waals surface area (Å²) in [5.41, 5.74) is 4.62. The third-order valence-electron chi connectivity index (χ3n) is 6.08. The highest BCUT2D eigenvalue weighted by Crippen LogP contribution is 2.40. The Morgan fingerprint density at radius 3 is 2.32 bits per heavy atom. The number of nitrogens with zero attached hydrogens (tertiary/aromatic N) is 2. The molecule has 28 heavy (non-hydrogen) atoms. The first-order chi connectivity index (χ1) is 13.5. The summed E-state index contributed by atoms with van der Waals surface area (Å²) < 4.78 is 28.1. The lowest BCUT2D eigenvalue weighted by molar-refractivity contribution is 0.581. The van der Waals surface area contributed by atoms with Gasteiger partial charge in [0.05, 0.1) is 4.90 Å². The Bertz CT molecular complexity index is 977. The van der Waals surface area contributed by atoms with Crippen LogP contribution in [0.25, 0.3) is 0 Å². The summed E-state index contributed by atoms with van der Waals surface area (Å²) in [7, 11) is -3.44. The summed E-state index contributed by atoms with van der Waals surface area (Å²) in [5.74, 6) is 0. The fourth-order valence-corrected chi connectivity index (χ4v) is 5.76. The van der Waals surface area contributed by atoms with Crippen molar-refractivity contribution in [3.05, 3.63) is 48.0 Å². The van der Waals surface area contributed by atoms with Gasteiger partial charge in [0.2, 0.25) is 10.0 Å². The monoisotopic (exact) mass is 397 g/mol. The molecule has 1 N–H and O–H groups in total. The molecular formula is C22H27N3O2S. The van der Waals surface area contributed by atoms with Gasteiger partial charge in [-0.1, -0.05) is 6.07 Å². The van der Waals surface area contributed by atoms with Gasteiger partial charge < -0.3 is 9.80 Å². The van der Waals surface area contributed by atoms with Gasteiger partial charge in [-0.25, -0.2) is 13.1 Å². The third-order valence-corrected chi connectivity index (χ3v) is 7.60. The predicted octanol–water partition coefficient (Wildman–Crippen LogP) is 3.81. The number of anilines is 3. The number of rotatable bonds is 5. The van der Waals surface area contributed by atoms with Gasteiger partial charge in [-0.3, -0.25) is 0 Å². The molecule has 0 spiro atoms. The Hall–Kier alpha value is -2.05. The number of sulfonamides is 1. The largest absolute Gasteiger partial charge is 0.372 e. The van der Waals surface area contributed by atoms with Gasteiger partial charge in [0.1, 0.15) is 0 Å². The number of benzene rings is 2. The second kappa shape index (κ2) is 6.78. The highest BCUT2D eigenvalue weighted by Gasteiger charge is 2.31. The molecule has 5 nitrogen and oxygen atoms in total. The zero-order valence-corrected chi connectivity index (χ0v) is 17.1. The molecule has 2 aromatic carbocycles. The van der Waals surface area contributed by atoms with E-state index in [-0.39, 0.29) is 6.04 Å². The van der Waals surface area contributed by atoms with Crippen LogP contribution in [0.15, 0.2) is 47.4 Å². The topological polar surface area (TPSA) is 52.7 Å². The Morgan fingerprint density at radius 2 is 1.64 bits per heavy atom. The fraction of sp³-hybridized carbons (Fsp3) is 0.455. The Labute approximate surface area is 167 Å². The lowest BCUT2D eigenvalue weighted by atomic mass is 10.1. The molecule has 0 aromatic heterocycles. The molecule has 1 atom stereocenters. The summed E-state index contributed by atoms with van der Waals surface area (Å²) in [5, 5.41) is 0. The van der Waals surface area contributed by atoms with Crippen LogP contribution in [0, 0.1) is 0 Å². The van der Waals surface area contributed by atoms with Crippen LogP contribution in [0.4, 0.5) is 17.1 Å². The summed E-state index contributed by atoms with van der Waals surface area (Å²) in [6.45, 7) is 4.47. The number of hydrogen-bond donors (Lipinski definition) is 1. The lowest BCUT2D eigenvalue weighted by Crippen LogP contribution is -2.26. The van der Waals surface area contributed by atoms with Crippen LogP contribution < -0.4 is 14.5 Å². The van der Waals surface area contributed by atoms with Crippen molar-refractivity contribution in [1.82, 2.24) is 4.72 Å². The molecule has 2 aromatic rings. The van der Waals surface area contributed by atoms with Crippen molar-refractivity contribution in [3.8, 4) is 0 Å². The van der Waals surface area contributed by atoms with Crippen molar-refractivity contribution in [3.63, 3.8) is 0 Å². The van der Waals surface area contributed by atoms with E-state index in [9.17, 15) is 8.42 Å². The van der Waals surface area contributed by atoms with Gasteiger partial charge in [-0.05, 0) is 81.0 Å². The van der Waals surface area contributed by atoms with Crippen molar-refractivity contribution < 1.29 is 8.42 Å². The molecule has 1 aliphatic carbocycles. The first-order valence-corrected chi connectivity index (χ1v) is 11.8. The maximum atomic E-state index is 12.7. The van der Waals surface area contributed by atoms with E-state index >= 15 is 0 Å². The van der Waals surface area contributed by atoms with E-state index in [2.05, 4.69) is 45.7 Å². The molecule has 2 aliphatic heterocycles. The standard InChI is InChI=1S/C22H27N3O2S/c1-16-14-17-4-11-21(28(26,27)23-18-5-6-18)15-22(17)25(16)20-9-7-19(8-10-20)24-12-2-3-13-24/h4,7-11,15-16,18,23H,2-3,5-6,12-14H2,1H3. The molecule has 1 saturated carbocycles. The highest BCUT2D eigenvalue weighted by atomic mass is 32.2. The molecule has 1 unspecified atom stereocenters. The molecule has 1 saturated heterocycles. The van der Waals surface area contributed by atoms with Crippen molar-refractivity contribution in [2.75, 3.05) is 22.9 Å². The third kappa shape index (κ3) is 3.29. The molecule has 5 rings (SSSR count). The van der Waals surface area contributed by atoms with Crippen molar-refractivity contribution >= 4 is 27.1 Å². The van der Waals surface area contributed by atoms with Gasteiger partial charge in [0.25, 0.3) is 0 Å². The zero-order chi connectivity index (χ0) is 19.3. The van der Waals surface area contributed by atoms with Gasteiger partial charge in [0, 0.05) is 42.2 Å². The maximum Gasteiger partial charge on any atom is 0.240 e. The van der Waals surface area contributed by atoms with Gasteiger partial charge in [0.15, 0.2) is 0 Å². The molecule has 0 radical (unpaired) electrons. The van der Waals surface area contributed by atoms with E-state index in [1.165, 1.54) is 24.1 Å². The summed E-state index contributed by atoms with van der Waals surface area (Å²) in [6.07, 6.45) is 5.35. The summed E-state index contributed by atoms with van der Waals surface area (Å²) in [6, 6.07) is 14.7. The van der Waals surface area contributed by atoms with Crippen molar-refractivity contribution in [2.24, 2.45) is 0 Å². The van der Waals surface area contributed by atoms with Crippen LogP contribution in [-0.4, -0.2) is 33.6 Å². The maximum absolute atomic E-state index is 12.7. The zero-order valence-electron chi connectivity index (χ0n) is 16.3. The minimum atomic E-state index is -3.44. The van der Waals surface area contributed by atoms with Crippen LogP contribution in [0.3, 0.4) is 0 Å². The normalized spacial score (nSPS) is 22.0. The summed E-state index contributed by atoms with van der Waals surface area (Å²) >= 11 is 0. The van der Waals surface area contributed by atoms with E-state index in [1.807, 2.05) is 12.1 Å². The van der Waals surface area contributed by atoms with E-state index < -0.39 is 10.0 Å². The fourth-order valence-electron chi connectivity index (χ4n) is 4.44. The molecule has 2 heterocycles. The minimum absolute atomic E-state index is 0.117. The Morgan fingerprint density at radius 1 is 0.964 bits per heavy atom. The molecule has 3 aliphatic rings. The molecule has 148 valence electrons. The average molecular weight is 398 g/mol. The second-order valence-electron chi connectivity index (χ2n) is 8.32. The van der Waals surface area contributed by atoms with Gasteiger partial charge in [-0.2, -0.15) is 0 Å². The van der Waals surface area contributed by atoms with E-state index in [0.717, 1.165) is 43.7 Å². The quantitative estimate of drug-likeness (QED) is 0.834. The molecule has 0 bridgehead atoms. The van der Waals surface area contributed by atoms with Crippen LogP contribution in [0.2, 0.25) is 0 Å². The Balaban J connectivity index is 1.46. The predicted molar refractivity (Wildman–Crippen MR) is 113 cm³/mol. The molecule has 6 heteroatoms. The highest BCUT2D eigenvalue weighted by molar-refractivity contribution is 7.89. The SMILES string of the molecule is CC1Cc2ccc(S(=O)(=O)NC3CC3)cc2N1c1ccc(N2CCCC2)cc1. The van der Waals surface area contributed by atoms with Crippen LogP contribution >= 0.6 is 0 Å². The van der Waals surface area contributed by atoms with Crippen molar-refractivity contribution in [2.45, 2.75) is 56.0 Å². The number of hydrogen-bond acceptors (Lipinski definition) is 4. The molecule has 0 amide bonds. The van der Waals surface area contributed by atoms with Crippen molar-refractivity contribution in [1.29, 1.82) is 0 Å². The minimum Gasteiger partial charge on any atom is -0.372 e. The number of fused-ring (bicyclic) bond motifs is 1. The second-order valence-corrected chi connectivity index (χ2v) is 10.0. The van der Waals surface area contributed by atoms with E-state index in [4.69, 9.17) is 0 Å². The van der Waals surface area contributed by atoms with E-state index in [1.54, 1.807) is 6.07 Å². The lowest BCUT2D eigenvalue weighted by Gasteiger charge is -2.26. The van der Waals surface area contributed by atoms with Crippen LogP contribution in [-0.2, 0) is 16.4 Å². The average Bonchev–Trinajstić information content (AvgIpc) is 3.19. The first-order valence-electron chi connectivity index (χ1n) is 10.3. The van der Waals surface area contributed by atoms with Gasteiger partial charge >= 0.3 is 0 Å². The van der Waals surface area contributed by atoms with Crippen LogP contribution in [0.1, 0.15) is 38.2 Å². The smallest absolute Gasteiger partial charge is 0.240 e. The molecule has 2 fully saturated rings. The van der Waals surface area contributed by atoms with E-state index in [0.29, 0.717) is 10.9 Å². The van der Waals surface area contributed by atoms with Crippen LogP contribution in [0.5, 0.6) is 0 Å². The molecular weight excluding hydrogens is 370 g/mol. The van der Waals surface area contributed by atoms with Gasteiger partial charge in [-0.15, -0.1) is 0 Å². The Kier molecular flexibility index (Phi) is 4.36. The number of nitrogens with one attached hydrogen (secondary N) is 1. The first kappa shape index (κ1) is 18.0.